The number of nitrogens with one attached hydrogen (secondary N) is 1. The molecular weight excluding hydrogens is 294 g/mol. The average Bonchev–Trinajstić information content (AvgIpc) is 3.20. The number of anilines is 1. The number of nitrogens with zero attached hydrogens (tertiary/aromatic N) is 4. The molecule has 2 heterocycles. The van der Waals surface area contributed by atoms with E-state index in [-0.39, 0.29) is 12.5 Å². The zero-order valence-electron chi connectivity index (χ0n) is 12.7. The number of carbonyl (C=O) groups excluding carboxylic acids is 1. The summed E-state index contributed by atoms with van der Waals surface area (Å²) >= 11 is 0. The van der Waals surface area contributed by atoms with Gasteiger partial charge in [-0.15, -0.1) is 0 Å². The van der Waals surface area contributed by atoms with E-state index in [0.29, 0.717) is 12.4 Å². The topological polar surface area (TPSA) is 74.0 Å². The first-order valence-electron chi connectivity index (χ1n) is 7.17. The predicted molar refractivity (Wildman–Crippen MR) is 85.2 cm³/mol. The minimum Gasteiger partial charge on any atom is -0.496 e. The summed E-state index contributed by atoms with van der Waals surface area (Å²) in [6.45, 7) is 0.668. The summed E-state index contributed by atoms with van der Waals surface area (Å²) in [4.78, 5) is 12.1. The van der Waals surface area contributed by atoms with Crippen LogP contribution in [0.15, 0.2) is 55.0 Å². The van der Waals surface area contributed by atoms with Crippen LogP contribution >= 0.6 is 0 Å². The van der Waals surface area contributed by atoms with Gasteiger partial charge in [0.05, 0.1) is 19.9 Å². The van der Waals surface area contributed by atoms with Gasteiger partial charge in [0.15, 0.2) is 0 Å². The van der Waals surface area contributed by atoms with Crippen LogP contribution in [0.4, 0.5) is 5.82 Å². The van der Waals surface area contributed by atoms with E-state index in [2.05, 4.69) is 15.5 Å². The van der Waals surface area contributed by atoms with Crippen molar-refractivity contribution in [2.24, 2.45) is 0 Å². The van der Waals surface area contributed by atoms with Crippen LogP contribution in [0.5, 0.6) is 5.75 Å². The monoisotopic (exact) mass is 311 g/mol. The fraction of sp³-hybridized carbons (Fsp3) is 0.188. The Morgan fingerprint density at radius 1 is 1.17 bits per heavy atom. The molecule has 7 heteroatoms. The molecule has 0 spiro atoms. The number of para-hydroxylation sites is 1. The molecule has 0 bridgehead atoms. The Balaban J connectivity index is 1.71. The molecule has 1 amide bonds. The van der Waals surface area contributed by atoms with E-state index in [9.17, 15) is 4.79 Å². The molecule has 3 aromatic rings. The van der Waals surface area contributed by atoms with Crippen molar-refractivity contribution >= 4 is 11.7 Å². The van der Waals surface area contributed by atoms with E-state index in [0.717, 1.165) is 11.3 Å². The molecule has 0 aliphatic rings. The maximum atomic E-state index is 12.1. The summed E-state index contributed by atoms with van der Waals surface area (Å²) in [6.07, 6.45) is 5.03. The van der Waals surface area contributed by atoms with E-state index >= 15 is 0 Å². The van der Waals surface area contributed by atoms with Gasteiger partial charge in [0.2, 0.25) is 5.91 Å². The quantitative estimate of drug-likeness (QED) is 0.753. The molecule has 7 nitrogen and oxygen atoms in total. The SMILES string of the molecule is COc1ccccc1Cn1nccc1NC(=O)Cn1cccn1. The second kappa shape index (κ2) is 6.78. The van der Waals surface area contributed by atoms with Crippen molar-refractivity contribution in [3.05, 3.63) is 60.6 Å². The third-order valence-electron chi connectivity index (χ3n) is 3.36. The number of benzene rings is 1. The molecule has 2 aromatic heterocycles. The molecule has 118 valence electrons. The molecule has 0 saturated carbocycles. The summed E-state index contributed by atoms with van der Waals surface area (Å²) in [6, 6.07) is 11.3. The predicted octanol–water partition coefficient (Wildman–Crippen LogP) is 1.78. The Labute approximate surface area is 133 Å². The molecule has 0 aliphatic carbocycles. The van der Waals surface area contributed by atoms with Crippen molar-refractivity contribution in [1.82, 2.24) is 19.6 Å². The Morgan fingerprint density at radius 3 is 2.83 bits per heavy atom. The van der Waals surface area contributed by atoms with E-state index in [1.807, 2.05) is 24.3 Å². The molecule has 0 atom stereocenters. The summed E-state index contributed by atoms with van der Waals surface area (Å²) in [7, 11) is 1.63. The third-order valence-corrected chi connectivity index (χ3v) is 3.36. The van der Waals surface area contributed by atoms with Crippen LogP contribution in [0, 0.1) is 0 Å². The van der Waals surface area contributed by atoms with E-state index in [4.69, 9.17) is 4.74 Å². The highest BCUT2D eigenvalue weighted by Crippen LogP contribution is 2.20. The van der Waals surface area contributed by atoms with Crippen LogP contribution in [0.2, 0.25) is 0 Å². The van der Waals surface area contributed by atoms with Gasteiger partial charge < -0.3 is 10.1 Å². The number of aromatic nitrogens is 4. The number of methoxy groups -OCH3 is 1. The van der Waals surface area contributed by atoms with Gasteiger partial charge in [-0.1, -0.05) is 18.2 Å². The summed E-state index contributed by atoms with van der Waals surface area (Å²) in [5.41, 5.74) is 0.987. The van der Waals surface area contributed by atoms with Crippen molar-refractivity contribution in [2.45, 2.75) is 13.1 Å². The van der Waals surface area contributed by atoms with Crippen molar-refractivity contribution in [3.8, 4) is 5.75 Å². The second-order valence-corrected chi connectivity index (χ2v) is 4.94. The number of hydrogen-bond donors (Lipinski definition) is 1. The summed E-state index contributed by atoms with van der Waals surface area (Å²) in [5.74, 6) is 1.26. The van der Waals surface area contributed by atoms with Crippen LogP contribution in [0.1, 0.15) is 5.56 Å². The van der Waals surface area contributed by atoms with Crippen molar-refractivity contribution in [1.29, 1.82) is 0 Å². The fourth-order valence-electron chi connectivity index (χ4n) is 2.28. The Bertz CT molecular complexity index is 779. The van der Waals surface area contributed by atoms with Crippen LogP contribution in [-0.2, 0) is 17.9 Å². The van der Waals surface area contributed by atoms with Gasteiger partial charge in [0, 0.05) is 24.0 Å². The Morgan fingerprint density at radius 2 is 2.04 bits per heavy atom. The maximum absolute atomic E-state index is 12.1. The van der Waals surface area contributed by atoms with Crippen LogP contribution in [0.3, 0.4) is 0 Å². The van der Waals surface area contributed by atoms with Gasteiger partial charge in [-0.25, -0.2) is 4.68 Å². The number of rotatable bonds is 6. The second-order valence-electron chi connectivity index (χ2n) is 4.94. The number of ether oxygens (including phenoxy) is 1. The van der Waals surface area contributed by atoms with Crippen LogP contribution in [-0.4, -0.2) is 32.6 Å². The fourth-order valence-corrected chi connectivity index (χ4v) is 2.28. The number of carbonyl (C=O) groups is 1. The van der Waals surface area contributed by atoms with Crippen molar-refractivity contribution < 1.29 is 9.53 Å². The first-order valence-corrected chi connectivity index (χ1v) is 7.17. The zero-order valence-corrected chi connectivity index (χ0v) is 12.7. The van der Waals surface area contributed by atoms with Crippen LogP contribution < -0.4 is 10.1 Å². The minimum absolute atomic E-state index is 0.157. The van der Waals surface area contributed by atoms with Gasteiger partial charge in [-0.2, -0.15) is 10.2 Å². The van der Waals surface area contributed by atoms with Gasteiger partial charge in [0.1, 0.15) is 18.1 Å². The highest BCUT2D eigenvalue weighted by molar-refractivity contribution is 5.89. The summed E-state index contributed by atoms with van der Waals surface area (Å²) in [5, 5.41) is 11.1. The minimum atomic E-state index is -0.157. The van der Waals surface area contributed by atoms with E-state index in [1.165, 1.54) is 0 Å². The smallest absolute Gasteiger partial charge is 0.247 e. The molecule has 0 fully saturated rings. The van der Waals surface area contributed by atoms with Gasteiger partial charge in [-0.05, 0) is 12.1 Å². The molecule has 3 rings (SSSR count). The largest absolute Gasteiger partial charge is 0.496 e. The average molecular weight is 311 g/mol. The van der Waals surface area contributed by atoms with Gasteiger partial charge in [-0.3, -0.25) is 9.48 Å². The lowest BCUT2D eigenvalue weighted by Crippen LogP contribution is -2.21. The molecule has 0 saturated heterocycles. The highest BCUT2D eigenvalue weighted by atomic mass is 16.5. The molecule has 0 radical (unpaired) electrons. The number of hydrogen-bond acceptors (Lipinski definition) is 4. The molecule has 23 heavy (non-hydrogen) atoms. The molecule has 0 unspecified atom stereocenters. The molecule has 1 N–H and O–H groups in total. The number of amides is 1. The van der Waals surface area contributed by atoms with Crippen molar-refractivity contribution in [3.63, 3.8) is 0 Å². The van der Waals surface area contributed by atoms with E-state index in [1.54, 1.807) is 47.2 Å². The normalized spacial score (nSPS) is 10.5. The lowest BCUT2D eigenvalue weighted by Gasteiger charge is -2.11. The Hall–Kier alpha value is -3.09. The first kappa shape index (κ1) is 14.8. The maximum Gasteiger partial charge on any atom is 0.247 e. The van der Waals surface area contributed by atoms with E-state index < -0.39 is 0 Å². The summed E-state index contributed by atoms with van der Waals surface area (Å²) < 4.78 is 8.63. The zero-order chi connectivity index (χ0) is 16.1. The molecule has 0 aliphatic heterocycles. The van der Waals surface area contributed by atoms with Gasteiger partial charge >= 0.3 is 0 Å². The lowest BCUT2D eigenvalue weighted by molar-refractivity contribution is -0.116. The Kier molecular flexibility index (Phi) is 4.37. The highest BCUT2D eigenvalue weighted by Gasteiger charge is 2.10. The first-order chi connectivity index (χ1) is 11.3. The molecule has 1 aromatic carbocycles. The van der Waals surface area contributed by atoms with Gasteiger partial charge in [0.25, 0.3) is 0 Å². The lowest BCUT2D eigenvalue weighted by atomic mass is 10.2. The molecular formula is C16H17N5O2. The van der Waals surface area contributed by atoms with Crippen molar-refractivity contribution in [2.75, 3.05) is 12.4 Å². The standard InChI is InChI=1S/C16H17N5O2/c1-23-14-6-3-2-5-13(14)11-21-15(7-9-18-21)19-16(22)12-20-10-4-8-17-20/h2-10H,11-12H2,1H3,(H,19,22). The third kappa shape index (κ3) is 3.57. The van der Waals surface area contributed by atoms with Crippen LogP contribution in [0.25, 0.3) is 0 Å².